The number of rotatable bonds is 7. The normalized spacial score (nSPS) is 11.0. The molecule has 10 heteroatoms. The fourth-order valence-electron chi connectivity index (χ4n) is 4.43. The molecule has 40 heavy (non-hydrogen) atoms. The van der Waals surface area contributed by atoms with Gasteiger partial charge in [-0.05, 0) is 58.7 Å². The predicted molar refractivity (Wildman–Crippen MR) is 145 cm³/mol. The van der Waals surface area contributed by atoms with Crippen LogP contribution in [0.4, 0.5) is 0 Å². The van der Waals surface area contributed by atoms with Crippen LogP contribution in [0.2, 0.25) is 0 Å². The molecule has 0 saturated carbocycles. The van der Waals surface area contributed by atoms with Crippen LogP contribution in [0.5, 0.6) is 0 Å². The standard InChI is InChI=1S/C30H24O9S/c1-37-28(31)19-10-8-9-18(15-19)25-16-20(21-11-4-6-13-23(21)29(32)38-2)17-26(27(25)40(34,35)36)22-12-5-7-14-24(22)30(33)39-3/h4-17H,1-3H3,(H,34,35,36)/p-1. The number of methoxy groups -OCH3 is 3. The van der Waals surface area contributed by atoms with E-state index >= 15 is 0 Å². The highest BCUT2D eigenvalue weighted by Gasteiger charge is 2.25. The molecule has 0 N–H and O–H groups in total. The van der Waals surface area contributed by atoms with E-state index in [1.165, 1.54) is 69.9 Å². The zero-order chi connectivity index (χ0) is 29.0. The maximum absolute atomic E-state index is 12.9. The molecule has 4 rings (SSSR count). The maximum atomic E-state index is 12.9. The minimum Gasteiger partial charge on any atom is -0.744 e. The van der Waals surface area contributed by atoms with Gasteiger partial charge in [-0.25, -0.2) is 22.8 Å². The van der Waals surface area contributed by atoms with Crippen LogP contribution >= 0.6 is 0 Å². The van der Waals surface area contributed by atoms with Crippen molar-refractivity contribution in [3.63, 3.8) is 0 Å². The lowest BCUT2D eigenvalue weighted by Crippen LogP contribution is -2.09. The Bertz CT molecular complexity index is 1740. The quantitative estimate of drug-likeness (QED) is 0.175. The molecule has 0 aromatic heterocycles. The lowest BCUT2D eigenvalue weighted by atomic mass is 9.89. The smallest absolute Gasteiger partial charge is 0.338 e. The number of carbonyl (C=O) groups is 3. The monoisotopic (exact) mass is 559 g/mol. The van der Waals surface area contributed by atoms with E-state index in [9.17, 15) is 27.4 Å². The van der Waals surface area contributed by atoms with E-state index in [1.54, 1.807) is 36.4 Å². The van der Waals surface area contributed by atoms with Gasteiger partial charge in [-0.2, -0.15) is 0 Å². The van der Waals surface area contributed by atoms with Crippen molar-refractivity contribution < 1.29 is 41.6 Å². The van der Waals surface area contributed by atoms with Gasteiger partial charge in [-0.1, -0.05) is 48.5 Å². The molecule has 0 radical (unpaired) electrons. The highest BCUT2D eigenvalue weighted by atomic mass is 32.2. The lowest BCUT2D eigenvalue weighted by Gasteiger charge is -2.22. The van der Waals surface area contributed by atoms with E-state index in [1.807, 2.05) is 0 Å². The first-order chi connectivity index (χ1) is 19.1. The summed E-state index contributed by atoms with van der Waals surface area (Å²) in [5, 5.41) is 0. The minimum atomic E-state index is -5.19. The van der Waals surface area contributed by atoms with Gasteiger partial charge in [-0.15, -0.1) is 0 Å². The van der Waals surface area contributed by atoms with Crippen molar-refractivity contribution in [2.75, 3.05) is 21.3 Å². The molecule has 4 aromatic carbocycles. The zero-order valence-corrected chi connectivity index (χ0v) is 22.5. The van der Waals surface area contributed by atoms with Crippen LogP contribution in [0.25, 0.3) is 33.4 Å². The van der Waals surface area contributed by atoms with Crippen molar-refractivity contribution >= 4 is 28.0 Å². The van der Waals surface area contributed by atoms with Crippen LogP contribution in [0.15, 0.2) is 89.8 Å². The maximum Gasteiger partial charge on any atom is 0.338 e. The molecule has 0 saturated heterocycles. The Morgan fingerprint density at radius 1 is 0.575 bits per heavy atom. The summed E-state index contributed by atoms with van der Waals surface area (Å²) in [5.74, 6) is -2.06. The summed E-state index contributed by atoms with van der Waals surface area (Å²) < 4.78 is 53.3. The van der Waals surface area contributed by atoms with Gasteiger partial charge < -0.3 is 18.8 Å². The second kappa shape index (κ2) is 11.5. The SMILES string of the molecule is COC(=O)c1cccc(-c2cc(-c3ccccc3C(=O)OC)cc(-c3ccccc3C(=O)OC)c2S(=O)(=O)[O-])c1. The Kier molecular flexibility index (Phi) is 8.13. The largest absolute Gasteiger partial charge is 0.744 e. The predicted octanol–water partition coefficient (Wildman–Crippen LogP) is 4.95. The number of hydrogen-bond donors (Lipinski definition) is 0. The third-order valence-electron chi connectivity index (χ3n) is 6.20. The molecule has 0 aliphatic heterocycles. The number of benzene rings is 4. The first-order valence-electron chi connectivity index (χ1n) is 11.8. The Morgan fingerprint density at radius 2 is 1.10 bits per heavy atom. The van der Waals surface area contributed by atoms with Gasteiger partial charge in [0.05, 0.1) is 42.9 Å². The van der Waals surface area contributed by atoms with Crippen molar-refractivity contribution in [2.24, 2.45) is 0 Å². The zero-order valence-electron chi connectivity index (χ0n) is 21.7. The summed E-state index contributed by atoms with van der Waals surface area (Å²) in [6.45, 7) is 0. The second-order valence-corrected chi connectivity index (χ2v) is 9.82. The molecule has 0 unspecified atom stereocenters. The molecular weight excluding hydrogens is 536 g/mol. The third kappa shape index (κ3) is 5.49. The summed E-state index contributed by atoms with van der Waals surface area (Å²) in [6, 6.07) is 21.3. The van der Waals surface area contributed by atoms with Crippen LogP contribution in [-0.2, 0) is 24.3 Å². The average Bonchev–Trinajstić information content (AvgIpc) is 2.98. The third-order valence-corrected chi connectivity index (χ3v) is 7.14. The minimum absolute atomic E-state index is 0.0163. The van der Waals surface area contributed by atoms with Crippen molar-refractivity contribution in [3.8, 4) is 33.4 Å². The number of hydrogen-bond acceptors (Lipinski definition) is 9. The second-order valence-electron chi connectivity index (χ2n) is 8.50. The van der Waals surface area contributed by atoms with E-state index in [0.717, 1.165) is 0 Å². The summed E-state index contributed by atoms with van der Waals surface area (Å²) in [7, 11) is -1.58. The molecule has 4 aromatic rings. The van der Waals surface area contributed by atoms with Gasteiger partial charge in [0, 0.05) is 11.1 Å². The highest BCUT2D eigenvalue weighted by Crippen LogP contribution is 2.42. The molecule has 0 amide bonds. The van der Waals surface area contributed by atoms with Crippen LogP contribution < -0.4 is 0 Å². The van der Waals surface area contributed by atoms with Crippen LogP contribution in [0.3, 0.4) is 0 Å². The Labute approximate surface area is 230 Å². The summed E-state index contributed by atoms with van der Waals surface area (Å²) in [5.41, 5.74) is 1.24. The molecule has 0 bridgehead atoms. The summed E-state index contributed by atoms with van der Waals surface area (Å²) >= 11 is 0. The molecule has 0 aliphatic carbocycles. The highest BCUT2D eigenvalue weighted by molar-refractivity contribution is 7.86. The van der Waals surface area contributed by atoms with E-state index in [-0.39, 0.29) is 38.9 Å². The average molecular weight is 560 g/mol. The van der Waals surface area contributed by atoms with E-state index in [2.05, 4.69) is 0 Å². The summed E-state index contributed by atoms with van der Waals surface area (Å²) in [6.07, 6.45) is 0. The Balaban J connectivity index is 2.19. The van der Waals surface area contributed by atoms with Gasteiger partial charge >= 0.3 is 17.9 Å². The molecule has 0 heterocycles. The fraction of sp³-hybridized carbons (Fsp3) is 0.100. The molecule has 204 valence electrons. The van der Waals surface area contributed by atoms with Crippen molar-refractivity contribution in [3.05, 3.63) is 102 Å². The van der Waals surface area contributed by atoms with Crippen molar-refractivity contribution in [1.29, 1.82) is 0 Å². The first kappa shape index (κ1) is 28.2. The van der Waals surface area contributed by atoms with Crippen LogP contribution in [-0.4, -0.2) is 52.2 Å². The van der Waals surface area contributed by atoms with E-state index in [0.29, 0.717) is 11.1 Å². The van der Waals surface area contributed by atoms with Gasteiger partial charge in [-0.3, -0.25) is 0 Å². The first-order valence-corrected chi connectivity index (χ1v) is 13.2. The van der Waals surface area contributed by atoms with Gasteiger partial charge in [0.15, 0.2) is 0 Å². The molecule has 0 spiro atoms. The molecule has 9 nitrogen and oxygen atoms in total. The topological polar surface area (TPSA) is 136 Å². The van der Waals surface area contributed by atoms with Crippen LogP contribution in [0, 0.1) is 0 Å². The Hall–Kier alpha value is -4.80. The van der Waals surface area contributed by atoms with Crippen LogP contribution in [0.1, 0.15) is 31.1 Å². The van der Waals surface area contributed by atoms with E-state index in [4.69, 9.17) is 14.2 Å². The van der Waals surface area contributed by atoms with E-state index < -0.39 is 32.9 Å². The number of esters is 3. The van der Waals surface area contributed by atoms with Gasteiger partial charge in [0.2, 0.25) is 0 Å². The number of ether oxygens (including phenoxy) is 3. The van der Waals surface area contributed by atoms with Crippen molar-refractivity contribution in [2.45, 2.75) is 4.90 Å². The fourth-order valence-corrected chi connectivity index (χ4v) is 5.31. The summed E-state index contributed by atoms with van der Waals surface area (Å²) in [4.78, 5) is 36.9. The van der Waals surface area contributed by atoms with Gasteiger partial charge in [0.1, 0.15) is 10.1 Å². The van der Waals surface area contributed by atoms with Gasteiger partial charge in [0.25, 0.3) is 0 Å². The lowest BCUT2D eigenvalue weighted by molar-refractivity contribution is 0.0592. The number of carbonyl (C=O) groups excluding carboxylic acids is 3. The molecule has 0 fully saturated rings. The molecule has 0 aliphatic rings. The molecular formula is C30H23O9S-. The molecule has 0 atom stereocenters. The van der Waals surface area contributed by atoms with Crippen molar-refractivity contribution in [1.82, 2.24) is 0 Å². The Morgan fingerprint density at radius 3 is 1.68 bits per heavy atom.